The molecule has 0 aliphatic carbocycles. The number of pyridine rings is 1. The Balaban J connectivity index is 1.60. The standard InChI is InChI=1S/C16H16ClFN6O/c17-9-3-11-12(7-22-14(11)20-4-9)15-23-8-13(18)16(24-15)21-6-10-5-19-1-2-25-10/h3-4,7-8,10,19H,1-2,5-6H2,(H,20,22)(H,21,23,24). The van der Waals surface area contributed by atoms with Gasteiger partial charge in [-0.25, -0.2) is 19.3 Å². The summed E-state index contributed by atoms with van der Waals surface area (Å²) < 4.78 is 19.7. The van der Waals surface area contributed by atoms with Gasteiger partial charge in [0.05, 0.1) is 23.9 Å². The molecule has 1 unspecified atom stereocenters. The lowest BCUT2D eigenvalue weighted by Crippen LogP contribution is -2.42. The zero-order chi connectivity index (χ0) is 17.2. The van der Waals surface area contributed by atoms with Crippen molar-refractivity contribution in [3.63, 3.8) is 0 Å². The number of hydrogen-bond acceptors (Lipinski definition) is 6. The second kappa shape index (κ2) is 6.91. The third-order valence-corrected chi connectivity index (χ3v) is 4.19. The molecule has 0 amide bonds. The second-order valence-electron chi connectivity index (χ2n) is 5.72. The maximum atomic E-state index is 14.1. The lowest BCUT2D eigenvalue weighted by Gasteiger charge is -2.24. The van der Waals surface area contributed by atoms with Crippen molar-refractivity contribution in [2.45, 2.75) is 6.10 Å². The number of nitrogens with one attached hydrogen (secondary N) is 3. The molecule has 0 aromatic carbocycles. The Kier molecular flexibility index (Phi) is 4.48. The molecule has 0 spiro atoms. The molecule has 7 nitrogen and oxygen atoms in total. The SMILES string of the molecule is Fc1cnc(-c2c[nH]c3ncc(Cl)cc23)nc1NCC1CNCCO1. The van der Waals surface area contributed by atoms with Crippen molar-refractivity contribution in [3.8, 4) is 11.4 Å². The van der Waals surface area contributed by atoms with Crippen molar-refractivity contribution >= 4 is 28.5 Å². The van der Waals surface area contributed by atoms with E-state index in [0.29, 0.717) is 35.2 Å². The molecule has 0 saturated carbocycles. The fourth-order valence-corrected chi connectivity index (χ4v) is 2.90. The molecule has 4 heterocycles. The fraction of sp³-hybridized carbons (Fsp3) is 0.312. The number of rotatable bonds is 4. The molecule has 3 aromatic heterocycles. The van der Waals surface area contributed by atoms with Crippen molar-refractivity contribution in [3.05, 3.63) is 35.5 Å². The van der Waals surface area contributed by atoms with Gasteiger partial charge in [0.1, 0.15) is 5.65 Å². The van der Waals surface area contributed by atoms with E-state index in [0.717, 1.165) is 24.7 Å². The maximum Gasteiger partial charge on any atom is 0.183 e. The number of H-pyrrole nitrogens is 1. The first-order valence-electron chi connectivity index (χ1n) is 7.92. The first-order valence-corrected chi connectivity index (χ1v) is 8.30. The highest BCUT2D eigenvalue weighted by Crippen LogP contribution is 2.28. The van der Waals surface area contributed by atoms with E-state index >= 15 is 0 Å². The number of nitrogens with zero attached hydrogens (tertiary/aromatic N) is 3. The molecule has 1 aliphatic heterocycles. The van der Waals surface area contributed by atoms with Gasteiger partial charge in [-0.3, -0.25) is 0 Å². The van der Waals surface area contributed by atoms with E-state index in [-0.39, 0.29) is 11.9 Å². The summed E-state index contributed by atoms with van der Waals surface area (Å²) in [6.45, 7) is 2.66. The summed E-state index contributed by atoms with van der Waals surface area (Å²) in [6, 6.07) is 1.77. The quantitative estimate of drug-likeness (QED) is 0.659. The highest BCUT2D eigenvalue weighted by molar-refractivity contribution is 6.31. The van der Waals surface area contributed by atoms with E-state index in [1.807, 2.05) is 0 Å². The molecular weight excluding hydrogens is 347 g/mol. The Morgan fingerprint density at radius 2 is 2.28 bits per heavy atom. The van der Waals surface area contributed by atoms with E-state index in [2.05, 4.69) is 30.6 Å². The molecule has 4 rings (SSSR count). The van der Waals surface area contributed by atoms with Crippen LogP contribution in [0, 0.1) is 5.82 Å². The van der Waals surface area contributed by atoms with E-state index in [1.165, 1.54) is 0 Å². The molecule has 0 bridgehead atoms. The topological polar surface area (TPSA) is 87.8 Å². The highest BCUT2D eigenvalue weighted by Gasteiger charge is 2.16. The first kappa shape index (κ1) is 16.2. The van der Waals surface area contributed by atoms with Gasteiger partial charge >= 0.3 is 0 Å². The molecule has 0 radical (unpaired) electrons. The van der Waals surface area contributed by atoms with Gasteiger partial charge in [0.15, 0.2) is 17.5 Å². The molecule has 9 heteroatoms. The van der Waals surface area contributed by atoms with Crippen LogP contribution in [0.3, 0.4) is 0 Å². The highest BCUT2D eigenvalue weighted by atomic mass is 35.5. The van der Waals surface area contributed by atoms with Gasteiger partial charge in [-0.2, -0.15) is 0 Å². The molecule has 3 aromatic rings. The van der Waals surface area contributed by atoms with Crippen LogP contribution >= 0.6 is 11.6 Å². The number of hydrogen-bond donors (Lipinski definition) is 3. The number of morpholine rings is 1. The molecule has 25 heavy (non-hydrogen) atoms. The first-order chi connectivity index (χ1) is 12.2. The number of aromatic nitrogens is 4. The predicted octanol–water partition coefficient (Wildman–Crippen LogP) is 2.21. The monoisotopic (exact) mass is 362 g/mol. The van der Waals surface area contributed by atoms with Gasteiger partial charge in [0.2, 0.25) is 0 Å². The summed E-state index contributed by atoms with van der Waals surface area (Å²) in [7, 11) is 0. The lowest BCUT2D eigenvalue weighted by molar-refractivity contribution is 0.0371. The van der Waals surface area contributed by atoms with E-state index < -0.39 is 5.82 Å². The minimum absolute atomic E-state index is 0.0253. The average molecular weight is 363 g/mol. The van der Waals surface area contributed by atoms with Crippen LogP contribution in [0.1, 0.15) is 0 Å². The van der Waals surface area contributed by atoms with Crippen molar-refractivity contribution < 1.29 is 9.13 Å². The van der Waals surface area contributed by atoms with Crippen LogP contribution in [0.2, 0.25) is 5.02 Å². The minimum Gasteiger partial charge on any atom is -0.374 e. The Morgan fingerprint density at radius 1 is 1.36 bits per heavy atom. The summed E-state index contributed by atoms with van der Waals surface area (Å²) in [6.07, 6.45) is 4.42. The van der Waals surface area contributed by atoms with Crippen molar-refractivity contribution in [1.82, 2.24) is 25.3 Å². The third kappa shape index (κ3) is 3.41. The molecule has 1 fully saturated rings. The summed E-state index contributed by atoms with van der Waals surface area (Å²) >= 11 is 6.02. The molecule has 1 atom stereocenters. The number of halogens is 2. The third-order valence-electron chi connectivity index (χ3n) is 3.98. The molecule has 1 aliphatic rings. The number of ether oxygens (including phenoxy) is 1. The molecule has 1 saturated heterocycles. The Labute approximate surface area is 148 Å². The zero-order valence-corrected chi connectivity index (χ0v) is 14.0. The van der Waals surface area contributed by atoms with Crippen molar-refractivity contribution in [2.24, 2.45) is 0 Å². The van der Waals surface area contributed by atoms with Gasteiger partial charge < -0.3 is 20.4 Å². The number of aromatic amines is 1. The Morgan fingerprint density at radius 3 is 3.12 bits per heavy atom. The van der Waals surface area contributed by atoms with E-state index in [9.17, 15) is 4.39 Å². The summed E-state index contributed by atoms with van der Waals surface area (Å²) in [5, 5.41) is 7.52. The lowest BCUT2D eigenvalue weighted by atomic mass is 10.2. The van der Waals surface area contributed by atoms with E-state index in [1.54, 1.807) is 18.5 Å². The van der Waals surface area contributed by atoms with Crippen molar-refractivity contribution in [2.75, 3.05) is 31.6 Å². The van der Waals surface area contributed by atoms with Gasteiger partial charge in [-0.15, -0.1) is 0 Å². The van der Waals surface area contributed by atoms with Crippen LogP contribution in [0.25, 0.3) is 22.4 Å². The van der Waals surface area contributed by atoms with Gasteiger partial charge in [-0.1, -0.05) is 11.6 Å². The predicted molar refractivity (Wildman–Crippen MR) is 93.2 cm³/mol. The fourth-order valence-electron chi connectivity index (χ4n) is 2.75. The van der Waals surface area contributed by atoms with Crippen LogP contribution in [0.15, 0.2) is 24.7 Å². The Hall–Kier alpha value is -2.29. The van der Waals surface area contributed by atoms with Gasteiger partial charge in [0.25, 0.3) is 0 Å². The Bertz CT molecular complexity index is 895. The molecular formula is C16H16ClFN6O. The van der Waals surface area contributed by atoms with Crippen molar-refractivity contribution in [1.29, 1.82) is 0 Å². The zero-order valence-electron chi connectivity index (χ0n) is 13.2. The molecule has 130 valence electrons. The average Bonchev–Trinajstić information content (AvgIpc) is 3.05. The van der Waals surface area contributed by atoms with Crippen LogP contribution in [-0.4, -0.2) is 52.3 Å². The summed E-state index contributed by atoms with van der Waals surface area (Å²) in [4.78, 5) is 15.7. The van der Waals surface area contributed by atoms with E-state index in [4.69, 9.17) is 16.3 Å². The molecule has 3 N–H and O–H groups in total. The van der Waals surface area contributed by atoms with Gasteiger partial charge in [-0.05, 0) is 6.07 Å². The normalized spacial score (nSPS) is 17.8. The minimum atomic E-state index is -0.511. The van der Waals surface area contributed by atoms with Crippen LogP contribution in [-0.2, 0) is 4.74 Å². The summed E-state index contributed by atoms with van der Waals surface area (Å²) in [5.74, 6) is 0.0222. The number of anilines is 1. The van der Waals surface area contributed by atoms with Crippen LogP contribution < -0.4 is 10.6 Å². The largest absolute Gasteiger partial charge is 0.374 e. The maximum absolute atomic E-state index is 14.1. The van der Waals surface area contributed by atoms with Crippen LogP contribution in [0.4, 0.5) is 10.2 Å². The summed E-state index contributed by atoms with van der Waals surface area (Å²) in [5.41, 5.74) is 1.38. The smallest absolute Gasteiger partial charge is 0.183 e. The van der Waals surface area contributed by atoms with Crippen LogP contribution in [0.5, 0.6) is 0 Å². The second-order valence-corrected chi connectivity index (χ2v) is 6.16. The number of fused-ring (bicyclic) bond motifs is 1. The van der Waals surface area contributed by atoms with Gasteiger partial charge in [0, 0.05) is 43.0 Å².